The Labute approximate surface area is 165 Å². The van der Waals surface area contributed by atoms with Crippen LogP contribution >= 0.6 is 11.6 Å². The van der Waals surface area contributed by atoms with Crippen molar-refractivity contribution < 1.29 is 13.2 Å². The van der Waals surface area contributed by atoms with Gasteiger partial charge < -0.3 is 4.90 Å². The zero-order chi connectivity index (χ0) is 19.4. The summed E-state index contributed by atoms with van der Waals surface area (Å²) in [4.78, 5) is 14.9. The van der Waals surface area contributed by atoms with E-state index >= 15 is 0 Å². The summed E-state index contributed by atoms with van der Waals surface area (Å²) >= 11 is 6.02. The van der Waals surface area contributed by atoms with Gasteiger partial charge in [0, 0.05) is 25.2 Å². The summed E-state index contributed by atoms with van der Waals surface area (Å²) < 4.78 is 27.5. The van der Waals surface area contributed by atoms with Crippen molar-refractivity contribution in [2.45, 2.75) is 36.7 Å². The van der Waals surface area contributed by atoms with Crippen molar-refractivity contribution in [1.29, 1.82) is 0 Å². The van der Waals surface area contributed by atoms with Gasteiger partial charge in [0.05, 0.1) is 4.90 Å². The lowest BCUT2D eigenvalue weighted by molar-refractivity contribution is -0.135. The number of hydrogen-bond acceptors (Lipinski definition) is 3. The molecular weight excluding hydrogens is 384 g/mol. The Balaban J connectivity index is 1.81. The van der Waals surface area contributed by atoms with Crippen LogP contribution in [0.1, 0.15) is 24.8 Å². The van der Waals surface area contributed by atoms with Crippen molar-refractivity contribution in [1.82, 2.24) is 9.21 Å². The average Bonchev–Trinajstić information content (AvgIpc) is 2.68. The van der Waals surface area contributed by atoms with E-state index in [0.717, 1.165) is 18.4 Å². The summed E-state index contributed by atoms with van der Waals surface area (Å²) in [6, 6.07) is 15.0. The minimum Gasteiger partial charge on any atom is -0.340 e. The fraction of sp³-hybridized carbons (Fsp3) is 0.350. The maximum atomic E-state index is 13.1. The SMILES string of the molecule is CN(Cc1cccc(Cl)c1)C(=O)C1CCCCN1S(=O)(=O)c1ccccc1. The third-order valence-electron chi connectivity index (χ3n) is 4.77. The van der Waals surface area contributed by atoms with Crippen molar-refractivity contribution in [2.24, 2.45) is 0 Å². The van der Waals surface area contributed by atoms with Crippen LogP contribution in [-0.4, -0.2) is 43.2 Å². The van der Waals surface area contributed by atoms with Gasteiger partial charge in [-0.15, -0.1) is 0 Å². The number of piperidine rings is 1. The smallest absolute Gasteiger partial charge is 0.243 e. The number of nitrogens with zero attached hydrogens (tertiary/aromatic N) is 2. The Kier molecular flexibility index (Phi) is 6.19. The third-order valence-corrected chi connectivity index (χ3v) is 6.93. The second-order valence-electron chi connectivity index (χ2n) is 6.76. The lowest BCUT2D eigenvalue weighted by atomic mass is 10.0. The first-order valence-electron chi connectivity index (χ1n) is 8.96. The van der Waals surface area contributed by atoms with Gasteiger partial charge in [0.25, 0.3) is 0 Å². The van der Waals surface area contributed by atoms with Crippen LogP contribution in [0.15, 0.2) is 59.5 Å². The molecule has 5 nitrogen and oxygen atoms in total. The first-order valence-corrected chi connectivity index (χ1v) is 10.8. The number of carbonyl (C=O) groups is 1. The van der Waals surface area contributed by atoms with Gasteiger partial charge in [-0.3, -0.25) is 4.79 Å². The van der Waals surface area contributed by atoms with E-state index in [-0.39, 0.29) is 10.8 Å². The zero-order valence-electron chi connectivity index (χ0n) is 15.2. The van der Waals surface area contributed by atoms with E-state index in [1.165, 1.54) is 4.31 Å². The first-order chi connectivity index (χ1) is 12.9. The minimum absolute atomic E-state index is 0.186. The molecule has 3 rings (SSSR count). The van der Waals surface area contributed by atoms with E-state index in [2.05, 4.69) is 0 Å². The number of hydrogen-bond donors (Lipinski definition) is 0. The second-order valence-corrected chi connectivity index (χ2v) is 9.09. The van der Waals surface area contributed by atoms with Gasteiger partial charge in [-0.1, -0.05) is 48.4 Å². The highest BCUT2D eigenvalue weighted by molar-refractivity contribution is 7.89. The average molecular weight is 407 g/mol. The highest BCUT2D eigenvalue weighted by atomic mass is 35.5. The highest BCUT2D eigenvalue weighted by Gasteiger charge is 2.38. The number of halogens is 1. The number of carbonyl (C=O) groups excluding carboxylic acids is 1. The molecule has 1 atom stereocenters. The molecule has 1 unspecified atom stereocenters. The number of rotatable bonds is 5. The Hall–Kier alpha value is -1.89. The van der Waals surface area contributed by atoms with E-state index in [9.17, 15) is 13.2 Å². The largest absolute Gasteiger partial charge is 0.340 e. The van der Waals surface area contributed by atoms with Crippen molar-refractivity contribution in [2.75, 3.05) is 13.6 Å². The predicted molar refractivity (Wildman–Crippen MR) is 106 cm³/mol. The number of likely N-dealkylation sites (N-methyl/N-ethyl adjacent to an activating group) is 1. The minimum atomic E-state index is -3.70. The maximum Gasteiger partial charge on any atom is 0.243 e. The molecule has 1 heterocycles. The fourth-order valence-corrected chi connectivity index (χ4v) is 5.29. The number of amides is 1. The summed E-state index contributed by atoms with van der Waals surface area (Å²) in [6.07, 6.45) is 2.13. The number of benzene rings is 2. The normalized spacial score (nSPS) is 18.2. The van der Waals surface area contributed by atoms with Crippen LogP contribution in [0.3, 0.4) is 0 Å². The number of sulfonamides is 1. The Morgan fingerprint density at radius 3 is 2.59 bits per heavy atom. The second kappa shape index (κ2) is 8.42. The third kappa shape index (κ3) is 4.51. The molecule has 27 heavy (non-hydrogen) atoms. The van der Waals surface area contributed by atoms with Crippen LogP contribution in [0.5, 0.6) is 0 Å². The summed E-state index contributed by atoms with van der Waals surface area (Å²) in [7, 11) is -2.01. The molecule has 1 saturated heterocycles. The standard InChI is InChI=1S/C20H23ClN2O3S/c1-22(15-16-8-7-9-17(21)14-16)20(24)19-12-5-6-13-23(19)27(25,26)18-10-3-2-4-11-18/h2-4,7-11,14,19H,5-6,12-13,15H2,1H3. The molecule has 0 spiro atoms. The molecule has 0 N–H and O–H groups in total. The molecule has 144 valence electrons. The summed E-state index contributed by atoms with van der Waals surface area (Å²) in [5, 5.41) is 0.610. The molecule has 1 aliphatic rings. The van der Waals surface area contributed by atoms with Crippen LogP contribution in [0.25, 0.3) is 0 Å². The lowest BCUT2D eigenvalue weighted by Crippen LogP contribution is -2.51. The topological polar surface area (TPSA) is 57.7 Å². The molecule has 7 heteroatoms. The van der Waals surface area contributed by atoms with Crippen LogP contribution in [-0.2, 0) is 21.4 Å². The van der Waals surface area contributed by atoms with Crippen molar-refractivity contribution in [3.63, 3.8) is 0 Å². The van der Waals surface area contributed by atoms with E-state index in [1.807, 2.05) is 18.2 Å². The van der Waals surface area contributed by atoms with E-state index < -0.39 is 16.1 Å². The van der Waals surface area contributed by atoms with Crippen molar-refractivity contribution in [3.05, 3.63) is 65.2 Å². The van der Waals surface area contributed by atoms with Gasteiger partial charge in [-0.05, 0) is 42.7 Å². The molecule has 1 amide bonds. The van der Waals surface area contributed by atoms with Crippen molar-refractivity contribution in [3.8, 4) is 0 Å². The van der Waals surface area contributed by atoms with Crippen LogP contribution in [0.2, 0.25) is 5.02 Å². The van der Waals surface area contributed by atoms with Crippen LogP contribution < -0.4 is 0 Å². The molecule has 0 saturated carbocycles. The fourth-order valence-electron chi connectivity index (χ4n) is 3.41. The van der Waals surface area contributed by atoms with Crippen LogP contribution in [0.4, 0.5) is 0 Å². The monoisotopic (exact) mass is 406 g/mol. The maximum absolute atomic E-state index is 13.1. The quantitative estimate of drug-likeness (QED) is 0.763. The van der Waals surface area contributed by atoms with Gasteiger partial charge in [-0.25, -0.2) is 8.42 Å². The predicted octanol–water partition coefficient (Wildman–Crippen LogP) is 3.54. The van der Waals surface area contributed by atoms with Gasteiger partial charge in [0.15, 0.2) is 0 Å². The Morgan fingerprint density at radius 1 is 1.15 bits per heavy atom. The molecule has 0 aliphatic carbocycles. The molecule has 0 radical (unpaired) electrons. The Morgan fingerprint density at radius 2 is 1.89 bits per heavy atom. The molecule has 0 aromatic heterocycles. The van der Waals surface area contributed by atoms with Gasteiger partial charge >= 0.3 is 0 Å². The summed E-state index contributed by atoms with van der Waals surface area (Å²) in [6.45, 7) is 0.744. The van der Waals surface area contributed by atoms with Gasteiger partial charge in [0.1, 0.15) is 6.04 Å². The van der Waals surface area contributed by atoms with Gasteiger partial charge in [0.2, 0.25) is 15.9 Å². The van der Waals surface area contributed by atoms with Crippen molar-refractivity contribution >= 4 is 27.5 Å². The molecule has 1 fully saturated rings. The van der Waals surface area contributed by atoms with E-state index in [1.54, 1.807) is 48.3 Å². The zero-order valence-corrected chi connectivity index (χ0v) is 16.8. The van der Waals surface area contributed by atoms with Gasteiger partial charge in [-0.2, -0.15) is 4.31 Å². The summed E-state index contributed by atoms with van der Waals surface area (Å²) in [5.74, 6) is -0.186. The lowest BCUT2D eigenvalue weighted by Gasteiger charge is -2.35. The molecule has 0 bridgehead atoms. The molecule has 2 aromatic carbocycles. The van der Waals surface area contributed by atoms with Crippen LogP contribution in [0, 0.1) is 0 Å². The van der Waals surface area contributed by atoms with E-state index in [0.29, 0.717) is 24.5 Å². The first kappa shape index (κ1) is 19.9. The molecule has 1 aliphatic heterocycles. The summed E-state index contributed by atoms with van der Waals surface area (Å²) in [5.41, 5.74) is 0.909. The highest BCUT2D eigenvalue weighted by Crippen LogP contribution is 2.26. The molecular formula is C20H23ClN2O3S. The van der Waals surface area contributed by atoms with E-state index in [4.69, 9.17) is 11.6 Å². The Bertz CT molecular complexity index is 902. The molecule has 2 aromatic rings.